The number of rotatable bonds is 6. The Morgan fingerprint density at radius 3 is 2.39 bits per heavy atom. The summed E-state index contributed by atoms with van der Waals surface area (Å²) in [5, 5.41) is 11.6. The Morgan fingerprint density at radius 1 is 1.22 bits per heavy atom. The van der Waals surface area contributed by atoms with Crippen LogP contribution in [0.2, 0.25) is 0 Å². The Labute approximate surface area is 107 Å². The number of hydrogen-bond donors (Lipinski definition) is 1. The molecule has 0 aliphatic heterocycles. The van der Waals surface area contributed by atoms with E-state index in [4.69, 9.17) is 5.26 Å². The molecular weight excluding hydrogens is 230 g/mol. The largest absolute Gasteiger partial charge is 0.357 e. The van der Waals surface area contributed by atoms with Gasteiger partial charge in [-0.25, -0.2) is 0 Å². The molecule has 0 radical (unpaired) electrons. The van der Waals surface area contributed by atoms with Crippen molar-refractivity contribution in [2.45, 2.75) is 13.3 Å². The summed E-state index contributed by atoms with van der Waals surface area (Å²) < 4.78 is 0. The van der Waals surface area contributed by atoms with Gasteiger partial charge in [0.25, 0.3) is 0 Å². The molecule has 1 aromatic heterocycles. The number of aromatic nitrogens is 3. The first-order chi connectivity index (χ1) is 8.62. The van der Waals surface area contributed by atoms with E-state index >= 15 is 0 Å². The van der Waals surface area contributed by atoms with Crippen LogP contribution >= 0.6 is 0 Å². The summed E-state index contributed by atoms with van der Waals surface area (Å²) in [6, 6.07) is 2.13. The van der Waals surface area contributed by atoms with Gasteiger partial charge in [-0.3, -0.25) is 0 Å². The Hall–Kier alpha value is -2.10. The molecule has 1 heterocycles. The number of nitrogens with one attached hydrogen (secondary N) is 1. The zero-order chi connectivity index (χ0) is 13.5. The van der Waals surface area contributed by atoms with E-state index in [9.17, 15) is 0 Å². The van der Waals surface area contributed by atoms with Crippen molar-refractivity contribution in [1.82, 2.24) is 15.0 Å². The Morgan fingerprint density at radius 2 is 1.89 bits per heavy atom. The molecule has 0 spiro atoms. The summed E-state index contributed by atoms with van der Waals surface area (Å²) in [6.45, 7) is 3.38. The van der Waals surface area contributed by atoms with E-state index in [-0.39, 0.29) is 0 Å². The highest BCUT2D eigenvalue weighted by atomic mass is 15.3. The summed E-state index contributed by atoms with van der Waals surface area (Å²) >= 11 is 0. The molecule has 0 aliphatic rings. The third kappa shape index (κ3) is 3.45. The fourth-order valence-electron chi connectivity index (χ4n) is 1.39. The van der Waals surface area contributed by atoms with Crippen molar-refractivity contribution in [3.63, 3.8) is 0 Å². The third-order valence-electron chi connectivity index (χ3n) is 2.39. The summed E-state index contributed by atoms with van der Waals surface area (Å²) in [4.78, 5) is 16.7. The van der Waals surface area contributed by atoms with Crippen LogP contribution in [0.1, 0.15) is 13.3 Å². The molecule has 0 aromatic carbocycles. The van der Waals surface area contributed by atoms with E-state index in [0.717, 1.165) is 6.54 Å². The molecule has 18 heavy (non-hydrogen) atoms. The summed E-state index contributed by atoms with van der Waals surface area (Å²) in [6.07, 6.45) is 0.450. The maximum absolute atomic E-state index is 8.65. The topological polar surface area (TPSA) is 81.0 Å². The predicted molar refractivity (Wildman–Crippen MR) is 71.8 cm³/mol. The summed E-state index contributed by atoms with van der Waals surface area (Å²) in [7, 11) is 5.53. The van der Waals surface area contributed by atoms with Crippen LogP contribution < -0.4 is 15.1 Å². The van der Waals surface area contributed by atoms with E-state index in [1.807, 2.05) is 30.8 Å². The zero-order valence-corrected chi connectivity index (χ0v) is 11.3. The van der Waals surface area contributed by atoms with Crippen LogP contribution in [0.4, 0.5) is 17.8 Å². The molecule has 0 saturated heterocycles. The Balaban J connectivity index is 3.05. The van der Waals surface area contributed by atoms with E-state index in [0.29, 0.717) is 30.8 Å². The first-order valence-electron chi connectivity index (χ1n) is 5.85. The number of hydrogen-bond acceptors (Lipinski definition) is 7. The van der Waals surface area contributed by atoms with Crippen molar-refractivity contribution in [1.29, 1.82) is 5.26 Å². The summed E-state index contributed by atoms with van der Waals surface area (Å²) in [5.74, 6) is 1.72. The van der Waals surface area contributed by atoms with Gasteiger partial charge >= 0.3 is 0 Å². The van der Waals surface area contributed by atoms with Gasteiger partial charge in [-0.1, -0.05) is 0 Å². The standard InChI is InChI=1S/C11H19N7/c1-5-18(8-6-7-12)11-15-9(13-2)14-10(16-11)17(3)4/h5-6,8H2,1-4H3,(H,13,14,15,16). The average Bonchev–Trinajstić information content (AvgIpc) is 2.39. The molecule has 98 valence electrons. The summed E-state index contributed by atoms with van der Waals surface area (Å²) in [5.41, 5.74) is 0. The van der Waals surface area contributed by atoms with Crippen molar-refractivity contribution in [2.24, 2.45) is 0 Å². The van der Waals surface area contributed by atoms with Crippen LogP contribution in [0.25, 0.3) is 0 Å². The van der Waals surface area contributed by atoms with Gasteiger partial charge in [-0.2, -0.15) is 20.2 Å². The van der Waals surface area contributed by atoms with Crippen molar-refractivity contribution in [3.05, 3.63) is 0 Å². The minimum absolute atomic E-state index is 0.450. The van der Waals surface area contributed by atoms with Gasteiger partial charge in [0.1, 0.15) is 0 Å². The van der Waals surface area contributed by atoms with Gasteiger partial charge in [0.05, 0.1) is 12.5 Å². The van der Waals surface area contributed by atoms with Crippen LogP contribution in [-0.2, 0) is 0 Å². The van der Waals surface area contributed by atoms with Crippen molar-refractivity contribution < 1.29 is 0 Å². The Kier molecular flexibility index (Phi) is 5.11. The lowest BCUT2D eigenvalue weighted by Gasteiger charge is -2.21. The molecule has 0 bridgehead atoms. The molecule has 0 amide bonds. The van der Waals surface area contributed by atoms with Gasteiger partial charge in [0.2, 0.25) is 17.8 Å². The van der Waals surface area contributed by atoms with Crippen LogP contribution in [0.3, 0.4) is 0 Å². The van der Waals surface area contributed by atoms with E-state index in [1.54, 1.807) is 7.05 Å². The van der Waals surface area contributed by atoms with Crippen LogP contribution in [0, 0.1) is 11.3 Å². The van der Waals surface area contributed by atoms with Crippen molar-refractivity contribution in [2.75, 3.05) is 49.3 Å². The maximum Gasteiger partial charge on any atom is 0.231 e. The highest BCUT2D eigenvalue weighted by molar-refractivity contribution is 5.44. The van der Waals surface area contributed by atoms with Gasteiger partial charge in [-0.05, 0) is 6.92 Å². The molecule has 7 heteroatoms. The molecule has 7 nitrogen and oxygen atoms in total. The molecule has 0 atom stereocenters. The lowest BCUT2D eigenvalue weighted by atomic mass is 10.4. The second-order valence-corrected chi connectivity index (χ2v) is 3.89. The minimum atomic E-state index is 0.450. The van der Waals surface area contributed by atoms with Crippen molar-refractivity contribution >= 4 is 17.8 Å². The highest BCUT2D eigenvalue weighted by Gasteiger charge is 2.12. The lowest BCUT2D eigenvalue weighted by Crippen LogP contribution is -2.27. The smallest absolute Gasteiger partial charge is 0.231 e. The quantitative estimate of drug-likeness (QED) is 0.795. The average molecular weight is 249 g/mol. The molecule has 0 fully saturated rings. The molecule has 0 unspecified atom stereocenters. The number of nitrogens with zero attached hydrogens (tertiary/aromatic N) is 6. The molecule has 0 aliphatic carbocycles. The molecule has 1 rings (SSSR count). The normalized spacial score (nSPS) is 9.72. The molecule has 0 saturated carbocycles. The Bertz CT molecular complexity index is 424. The minimum Gasteiger partial charge on any atom is -0.357 e. The fraction of sp³-hybridized carbons (Fsp3) is 0.636. The fourth-order valence-corrected chi connectivity index (χ4v) is 1.39. The number of nitriles is 1. The van der Waals surface area contributed by atoms with Gasteiger partial charge in [-0.15, -0.1) is 0 Å². The maximum atomic E-state index is 8.65. The SMILES string of the molecule is CCN(CCC#N)c1nc(NC)nc(N(C)C)n1. The van der Waals surface area contributed by atoms with E-state index < -0.39 is 0 Å². The second-order valence-electron chi connectivity index (χ2n) is 3.89. The first kappa shape index (κ1) is 14.0. The third-order valence-corrected chi connectivity index (χ3v) is 2.39. The number of anilines is 3. The van der Waals surface area contributed by atoms with Gasteiger partial charge in [0, 0.05) is 34.2 Å². The van der Waals surface area contributed by atoms with E-state index in [1.165, 1.54) is 0 Å². The lowest BCUT2D eigenvalue weighted by molar-refractivity contribution is 0.781. The van der Waals surface area contributed by atoms with E-state index in [2.05, 4.69) is 26.3 Å². The van der Waals surface area contributed by atoms with Crippen molar-refractivity contribution in [3.8, 4) is 6.07 Å². The molecule has 1 N–H and O–H groups in total. The first-order valence-corrected chi connectivity index (χ1v) is 5.85. The van der Waals surface area contributed by atoms with Gasteiger partial charge in [0.15, 0.2) is 0 Å². The second kappa shape index (κ2) is 6.59. The van der Waals surface area contributed by atoms with Gasteiger partial charge < -0.3 is 15.1 Å². The van der Waals surface area contributed by atoms with Crippen LogP contribution in [0.5, 0.6) is 0 Å². The van der Waals surface area contributed by atoms with Crippen LogP contribution in [-0.4, -0.2) is 49.2 Å². The molecular formula is C11H19N7. The predicted octanol–water partition coefficient (Wildman–Crippen LogP) is 0.719. The highest BCUT2D eigenvalue weighted by Crippen LogP contribution is 2.14. The monoisotopic (exact) mass is 249 g/mol. The van der Waals surface area contributed by atoms with Crippen LogP contribution in [0.15, 0.2) is 0 Å². The zero-order valence-electron chi connectivity index (χ0n) is 11.3. The molecule has 1 aromatic rings.